The summed E-state index contributed by atoms with van der Waals surface area (Å²) in [6.45, 7) is 1.07. The molecule has 0 amide bonds. The van der Waals surface area contributed by atoms with Crippen molar-refractivity contribution in [1.82, 2.24) is 0 Å². The molecule has 0 aromatic carbocycles. The second kappa shape index (κ2) is 5.14. The third-order valence-electron chi connectivity index (χ3n) is 0.733. The van der Waals surface area contributed by atoms with Crippen LogP contribution in [0.4, 0.5) is 0 Å². The monoisotopic (exact) mass is 186 g/mol. The standard InChI is InChI=1S/C5H12ClO3P/c1-3-5-9-10(6,7)8-4-2/h3-5H2,1-2H3. The van der Waals surface area contributed by atoms with E-state index in [-0.39, 0.29) is 0 Å². The molecule has 0 fully saturated rings. The molecule has 5 heteroatoms. The Bertz CT molecular complexity index is 128. The molecule has 0 aromatic heterocycles. The zero-order chi connectivity index (χ0) is 8.04. The molecule has 3 nitrogen and oxygen atoms in total. The molecule has 0 N–H and O–H groups in total. The summed E-state index contributed by atoms with van der Waals surface area (Å²) >= 11 is 5.33. The Balaban J connectivity index is 3.53. The minimum absolute atomic E-state index is 0.310. The van der Waals surface area contributed by atoms with E-state index in [4.69, 9.17) is 15.8 Å². The Labute approximate surface area is 66.0 Å². The quantitative estimate of drug-likeness (QED) is 0.620. The fourth-order valence-electron chi connectivity index (χ4n) is 0.392. The normalized spacial score (nSPS) is 16.7. The van der Waals surface area contributed by atoms with Crippen molar-refractivity contribution in [1.29, 1.82) is 0 Å². The van der Waals surface area contributed by atoms with Crippen molar-refractivity contribution < 1.29 is 13.6 Å². The molecule has 0 bridgehead atoms. The average molecular weight is 187 g/mol. The fraction of sp³-hybridized carbons (Fsp3) is 1.00. The van der Waals surface area contributed by atoms with E-state index in [9.17, 15) is 4.57 Å². The molecule has 0 saturated heterocycles. The lowest BCUT2D eigenvalue weighted by Gasteiger charge is -2.08. The molecule has 62 valence electrons. The fourth-order valence-corrected chi connectivity index (χ4v) is 1.68. The summed E-state index contributed by atoms with van der Waals surface area (Å²) in [4.78, 5) is 0. The van der Waals surface area contributed by atoms with Gasteiger partial charge in [0.05, 0.1) is 13.2 Å². The largest absolute Gasteiger partial charge is 0.424 e. The summed E-state index contributed by atoms with van der Waals surface area (Å²) in [6.07, 6.45) is 0.782. The summed E-state index contributed by atoms with van der Waals surface area (Å²) in [5, 5.41) is 0. The summed E-state index contributed by atoms with van der Waals surface area (Å²) < 4.78 is 20.2. The van der Waals surface area contributed by atoms with Crippen LogP contribution in [-0.4, -0.2) is 13.2 Å². The Kier molecular flexibility index (Phi) is 5.36. The summed E-state index contributed by atoms with van der Waals surface area (Å²) in [6, 6.07) is 0. The molecule has 0 radical (unpaired) electrons. The average Bonchev–Trinajstić information content (AvgIpc) is 1.84. The first-order valence-corrected chi connectivity index (χ1v) is 5.66. The molecule has 0 aliphatic rings. The van der Waals surface area contributed by atoms with Gasteiger partial charge in [0.1, 0.15) is 0 Å². The Morgan fingerprint density at radius 1 is 1.40 bits per heavy atom. The van der Waals surface area contributed by atoms with Gasteiger partial charge in [0.15, 0.2) is 0 Å². The zero-order valence-corrected chi connectivity index (χ0v) is 7.82. The second-order valence-corrected chi connectivity index (χ2v) is 4.30. The van der Waals surface area contributed by atoms with Gasteiger partial charge in [0.2, 0.25) is 0 Å². The third-order valence-corrected chi connectivity index (χ3v) is 2.38. The van der Waals surface area contributed by atoms with Gasteiger partial charge < -0.3 is 0 Å². The van der Waals surface area contributed by atoms with Gasteiger partial charge in [-0.3, -0.25) is 9.05 Å². The van der Waals surface area contributed by atoms with Crippen molar-refractivity contribution in [2.24, 2.45) is 0 Å². The minimum atomic E-state index is -3.24. The predicted octanol–water partition coefficient (Wildman–Crippen LogP) is 2.80. The van der Waals surface area contributed by atoms with Gasteiger partial charge in [-0.25, -0.2) is 4.57 Å². The lowest BCUT2D eigenvalue weighted by molar-refractivity contribution is 0.226. The first-order valence-electron chi connectivity index (χ1n) is 3.21. The van der Waals surface area contributed by atoms with Crippen LogP contribution in [0.5, 0.6) is 0 Å². The van der Waals surface area contributed by atoms with Gasteiger partial charge >= 0.3 is 6.95 Å². The highest BCUT2D eigenvalue weighted by molar-refractivity contribution is 7.81. The maximum atomic E-state index is 10.9. The Morgan fingerprint density at radius 2 is 2.00 bits per heavy atom. The van der Waals surface area contributed by atoms with Crippen molar-refractivity contribution in [3.05, 3.63) is 0 Å². The van der Waals surface area contributed by atoms with Gasteiger partial charge in [-0.2, -0.15) is 0 Å². The first kappa shape index (κ1) is 10.4. The van der Waals surface area contributed by atoms with E-state index in [1.54, 1.807) is 6.92 Å². The molecule has 0 aliphatic carbocycles. The summed E-state index contributed by atoms with van der Waals surface area (Å²) in [7, 11) is 0. The van der Waals surface area contributed by atoms with Crippen molar-refractivity contribution in [2.45, 2.75) is 20.3 Å². The molecule has 0 rings (SSSR count). The predicted molar refractivity (Wildman–Crippen MR) is 41.3 cm³/mol. The number of hydrogen-bond donors (Lipinski definition) is 0. The van der Waals surface area contributed by atoms with Gasteiger partial charge in [-0.15, -0.1) is 0 Å². The maximum Gasteiger partial charge on any atom is 0.424 e. The highest BCUT2D eigenvalue weighted by atomic mass is 35.7. The van der Waals surface area contributed by atoms with Crippen molar-refractivity contribution in [3.63, 3.8) is 0 Å². The van der Waals surface area contributed by atoms with Crippen LogP contribution in [0, 0.1) is 0 Å². The topological polar surface area (TPSA) is 35.5 Å². The van der Waals surface area contributed by atoms with E-state index in [1.807, 2.05) is 6.92 Å². The number of halogens is 1. The molecule has 10 heavy (non-hydrogen) atoms. The summed E-state index contributed by atoms with van der Waals surface area (Å²) in [5.41, 5.74) is 0. The SMILES string of the molecule is CCCOP(=O)(Cl)OCC. The maximum absolute atomic E-state index is 10.9. The molecule has 0 saturated carbocycles. The van der Waals surface area contributed by atoms with Gasteiger partial charge in [0, 0.05) is 11.2 Å². The molecular formula is C5H12ClO3P. The lowest BCUT2D eigenvalue weighted by atomic mass is 10.5. The van der Waals surface area contributed by atoms with E-state index in [2.05, 4.69) is 4.52 Å². The van der Waals surface area contributed by atoms with Gasteiger partial charge in [-0.05, 0) is 13.3 Å². The van der Waals surface area contributed by atoms with Gasteiger partial charge in [0.25, 0.3) is 0 Å². The van der Waals surface area contributed by atoms with Crippen molar-refractivity contribution >= 4 is 18.2 Å². The van der Waals surface area contributed by atoms with E-state index in [1.165, 1.54) is 0 Å². The first-order chi connectivity index (χ1) is 4.62. The molecule has 0 aromatic rings. The van der Waals surface area contributed by atoms with E-state index < -0.39 is 6.95 Å². The van der Waals surface area contributed by atoms with Crippen LogP contribution in [0.25, 0.3) is 0 Å². The van der Waals surface area contributed by atoms with E-state index in [0.29, 0.717) is 13.2 Å². The number of hydrogen-bond acceptors (Lipinski definition) is 3. The Morgan fingerprint density at radius 3 is 2.40 bits per heavy atom. The second-order valence-electron chi connectivity index (χ2n) is 1.68. The highest BCUT2D eigenvalue weighted by Gasteiger charge is 2.18. The van der Waals surface area contributed by atoms with E-state index >= 15 is 0 Å². The highest BCUT2D eigenvalue weighted by Crippen LogP contribution is 2.53. The molecule has 0 heterocycles. The van der Waals surface area contributed by atoms with Crippen LogP contribution in [-0.2, 0) is 13.6 Å². The van der Waals surface area contributed by atoms with Crippen LogP contribution >= 0.6 is 18.2 Å². The molecular weight excluding hydrogens is 174 g/mol. The molecule has 1 atom stereocenters. The van der Waals surface area contributed by atoms with E-state index in [0.717, 1.165) is 6.42 Å². The minimum Gasteiger partial charge on any atom is -0.297 e. The lowest BCUT2D eigenvalue weighted by Crippen LogP contribution is -1.90. The molecule has 0 spiro atoms. The van der Waals surface area contributed by atoms with Crippen LogP contribution in [0.2, 0.25) is 0 Å². The van der Waals surface area contributed by atoms with Crippen LogP contribution in [0.3, 0.4) is 0 Å². The van der Waals surface area contributed by atoms with Crippen molar-refractivity contribution in [3.8, 4) is 0 Å². The smallest absolute Gasteiger partial charge is 0.297 e. The van der Waals surface area contributed by atoms with Crippen molar-refractivity contribution in [2.75, 3.05) is 13.2 Å². The summed E-state index contributed by atoms with van der Waals surface area (Å²) in [5.74, 6) is 0. The van der Waals surface area contributed by atoms with Crippen LogP contribution in [0.15, 0.2) is 0 Å². The Hall–Kier alpha value is 0.440. The zero-order valence-electron chi connectivity index (χ0n) is 6.17. The van der Waals surface area contributed by atoms with Crippen LogP contribution in [0.1, 0.15) is 20.3 Å². The molecule has 0 aliphatic heterocycles. The van der Waals surface area contributed by atoms with Gasteiger partial charge in [-0.1, -0.05) is 6.92 Å². The van der Waals surface area contributed by atoms with Crippen LogP contribution < -0.4 is 0 Å². The molecule has 1 unspecified atom stereocenters. The number of rotatable bonds is 5. The third kappa shape index (κ3) is 5.24.